The second kappa shape index (κ2) is 11.9. The molecule has 2 aromatic rings. The van der Waals surface area contributed by atoms with E-state index in [2.05, 4.69) is 74.2 Å². The highest BCUT2D eigenvalue weighted by molar-refractivity contribution is 5.64. The van der Waals surface area contributed by atoms with Crippen molar-refractivity contribution in [3.8, 4) is 23.0 Å². The summed E-state index contributed by atoms with van der Waals surface area (Å²) < 4.78 is 0. The van der Waals surface area contributed by atoms with Crippen LogP contribution in [0.3, 0.4) is 0 Å². The molecule has 0 aromatic heterocycles. The van der Waals surface area contributed by atoms with Gasteiger partial charge in [-0.15, -0.1) is 0 Å². The molecule has 3 rings (SSSR count). The van der Waals surface area contributed by atoms with E-state index in [1.807, 2.05) is 0 Å². The standard InChI is InChI=1S/C29H38/c1-3-5-6-7-9-25-16-20-28(21-17-25)29-22-18-27(19-23-29)15-14-26-12-10-24(8-4-2)11-13-26/h16-24,26H,3-13H2,1-2H3/t24-,26-. The molecule has 0 spiro atoms. The normalized spacial score (nSPS) is 18.8. The van der Waals surface area contributed by atoms with Gasteiger partial charge in [-0.25, -0.2) is 0 Å². The van der Waals surface area contributed by atoms with Crippen molar-refractivity contribution in [1.82, 2.24) is 0 Å². The third-order valence-electron chi connectivity index (χ3n) is 6.46. The van der Waals surface area contributed by atoms with Gasteiger partial charge in [-0.2, -0.15) is 0 Å². The van der Waals surface area contributed by atoms with E-state index in [9.17, 15) is 0 Å². The van der Waals surface area contributed by atoms with Crippen molar-refractivity contribution in [3.05, 3.63) is 59.7 Å². The number of benzene rings is 2. The molecule has 0 atom stereocenters. The number of hydrogen-bond donors (Lipinski definition) is 0. The van der Waals surface area contributed by atoms with E-state index in [0.29, 0.717) is 5.92 Å². The first-order valence-corrected chi connectivity index (χ1v) is 12.0. The highest BCUT2D eigenvalue weighted by atomic mass is 14.2. The average molecular weight is 387 g/mol. The van der Waals surface area contributed by atoms with Crippen molar-refractivity contribution < 1.29 is 0 Å². The summed E-state index contributed by atoms with van der Waals surface area (Å²) in [5, 5.41) is 0. The fraction of sp³-hybridized carbons (Fsp3) is 0.517. The Kier molecular flexibility index (Phi) is 8.88. The molecule has 1 aliphatic rings. The van der Waals surface area contributed by atoms with Crippen LogP contribution in [-0.2, 0) is 6.42 Å². The molecular formula is C29H38. The van der Waals surface area contributed by atoms with Crippen molar-refractivity contribution in [1.29, 1.82) is 0 Å². The molecule has 0 aliphatic heterocycles. The molecule has 0 amide bonds. The molecule has 0 saturated heterocycles. The van der Waals surface area contributed by atoms with Crippen molar-refractivity contribution in [2.45, 2.75) is 84.5 Å². The first-order chi connectivity index (χ1) is 14.3. The van der Waals surface area contributed by atoms with Crippen LogP contribution in [-0.4, -0.2) is 0 Å². The summed E-state index contributed by atoms with van der Waals surface area (Å²) in [6.45, 7) is 4.57. The van der Waals surface area contributed by atoms with E-state index in [4.69, 9.17) is 0 Å². The van der Waals surface area contributed by atoms with E-state index in [0.717, 1.165) is 11.5 Å². The van der Waals surface area contributed by atoms with Crippen LogP contribution in [0.2, 0.25) is 0 Å². The monoisotopic (exact) mass is 386 g/mol. The minimum atomic E-state index is 0.604. The molecule has 154 valence electrons. The Morgan fingerprint density at radius 3 is 2.00 bits per heavy atom. The maximum absolute atomic E-state index is 3.55. The predicted molar refractivity (Wildman–Crippen MR) is 127 cm³/mol. The Balaban J connectivity index is 1.51. The van der Waals surface area contributed by atoms with Gasteiger partial charge in [0.15, 0.2) is 0 Å². The SMILES string of the molecule is CCCCCCc1ccc(-c2ccc(C#C[C@H]3CC[C@H](CCC)CC3)cc2)cc1. The topological polar surface area (TPSA) is 0 Å². The Bertz CT molecular complexity index is 762. The Morgan fingerprint density at radius 1 is 0.724 bits per heavy atom. The van der Waals surface area contributed by atoms with Gasteiger partial charge in [-0.3, -0.25) is 0 Å². The van der Waals surface area contributed by atoms with Gasteiger partial charge < -0.3 is 0 Å². The van der Waals surface area contributed by atoms with Crippen molar-refractivity contribution in [2.24, 2.45) is 11.8 Å². The molecule has 2 aromatic carbocycles. The van der Waals surface area contributed by atoms with Gasteiger partial charge in [-0.1, -0.05) is 94.2 Å². The predicted octanol–water partition coefficient (Wildman–Crippen LogP) is 8.43. The fourth-order valence-corrected chi connectivity index (χ4v) is 4.55. The summed E-state index contributed by atoms with van der Waals surface area (Å²) in [4.78, 5) is 0. The lowest BCUT2D eigenvalue weighted by Crippen LogP contribution is -2.13. The second-order valence-electron chi connectivity index (χ2n) is 8.86. The molecule has 0 heteroatoms. The van der Waals surface area contributed by atoms with Gasteiger partial charge in [0.05, 0.1) is 0 Å². The van der Waals surface area contributed by atoms with Crippen LogP contribution in [0.5, 0.6) is 0 Å². The summed E-state index contributed by atoms with van der Waals surface area (Å²) >= 11 is 0. The lowest BCUT2D eigenvalue weighted by molar-refractivity contribution is 0.300. The number of unbranched alkanes of at least 4 members (excludes halogenated alkanes) is 3. The Labute approximate surface area is 179 Å². The highest BCUT2D eigenvalue weighted by Gasteiger charge is 2.18. The van der Waals surface area contributed by atoms with Crippen molar-refractivity contribution in [3.63, 3.8) is 0 Å². The first kappa shape index (κ1) is 21.7. The minimum absolute atomic E-state index is 0.604. The third kappa shape index (κ3) is 7.08. The summed E-state index contributed by atoms with van der Waals surface area (Å²) in [5.41, 5.74) is 5.20. The van der Waals surface area contributed by atoms with Gasteiger partial charge in [0.1, 0.15) is 0 Å². The summed E-state index contributed by atoms with van der Waals surface area (Å²) in [7, 11) is 0. The number of rotatable bonds is 8. The average Bonchev–Trinajstić information content (AvgIpc) is 2.77. The second-order valence-corrected chi connectivity index (χ2v) is 8.86. The summed E-state index contributed by atoms with van der Waals surface area (Å²) in [6, 6.07) is 17.9. The van der Waals surface area contributed by atoms with Crippen molar-refractivity contribution >= 4 is 0 Å². The van der Waals surface area contributed by atoms with Crippen LogP contribution < -0.4 is 0 Å². The first-order valence-electron chi connectivity index (χ1n) is 12.0. The molecule has 1 aliphatic carbocycles. The van der Waals surface area contributed by atoms with E-state index in [1.54, 1.807) is 0 Å². The van der Waals surface area contributed by atoms with E-state index < -0.39 is 0 Å². The van der Waals surface area contributed by atoms with Crippen LogP contribution >= 0.6 is 0 Å². The molecular weight excluding hydrogens is 348 g/mol. The molecule has 1 saturated carbocycles. The molecule has 29 heavy (non-hydrogen) atoms. The maximum atomic E-state index is 3.55. The molecule has 0 nitrogen and oxygen atoms in total. The van der Waals surface area contributed by atoms with Crippen molar-refractivity contribution in [2.75, 3.05) is 0 Å². The lowest BCUT2D eigenvalue weighted by atomic mass is 9.80. The number of aryl methyl sites for hydroxylation is 1. The number of hydrogen-bond acceptors (Lipinski definition) is 0. The van der Waals surface area contributed by atoms with E-state index in [-0.39, 0.29) is 0 Å². The smallest absolute Gasteiger partial charge is 0.0245 e. The van der Waals surface area contributed by atoms with Gasteiger partial charge in [-0.05, 0) is 73.3 Å². The van der Waals surface area contributed by atoms with Gasteiger partial charge in [0, 0.05) is 11.5 Å². The molecule has 0 bridgehead atoms. The fourth-order valence-electron chi connectivity index (χ4n) is 4.55. The van der Waals surface area contributed by atoms with Gasteiger partial charge in [0.25, 0.3) is 0 Å². The van der Waals surface area contributed by atoms with Crippen LogP contribution in [0, 0.1) is 23.7 Å². The highest BCUT2D eigenvalue weighted by Crippen LogP contribution is 2.31. The quantitative estimate of drug-likeness (QED) is 0.315. The zero-order valence-electron chi connectivity index (χ0n) is 18.6. The minimum Gasteiger partial charge on any atom is -0.0945 e. The third-order valence-corrected chi connectivity index (χ3v) is 6.46. The zero-order valence-corrected chi connectivity index (χ0v) is 18.6. The van der Waals surface area contributed by atoms with Gasteiger partial charge >= 0.3 is 0 Å². The maximum Gasteiger partial charge on any atom is 0.0245 e. The molecule has 1 fully saturated rings. The van der Waals surface area contributed by atoms with Crippen LogP contribution in [0.15, 0.2) is 48.5 Å². The zero-order chi connectivity index (χ0) is 20.3. The van der Waals surface area contributed by atoms with Gasteiger partial charge in [0.2, 0.25) is 0 Å². The van der Waals surface area contributed by atoms with E-state index >= 15 is 0 Å². The Hall–Kier alpha value is -2.00. The molecule has 0 unspecified atom stereocenters. The van der Waals surface area contributed by atoms with Crippen LogP contribution in [0.1, 0.15) is 89.2 Å². The lowest BCUT2D eigenvalue weighted by Gasteiger charge is -2.25. The van der Waals surface area contributed by atoms with Crippen LogP contribution in [0.25, 0.3) is 11.1 Å². The summed E-state index contributed by atoms with van der Waals surface area (Å²) in [5.74, 6) is 8.54. The Morgan fingerprint density at radius 2 is 1.38 bits per heavy atom. The molecule has 0 radical (unpaired) electrons. The summed E-state index contributed by atoms with van der Waals surface area (Å²) in [6.07, 6.45) is 14.6. The molecule has 0 heterocycles. The van der Waals surface area contributed by atoms with Crippen LogP contribution in [0.4, 0.5) is 0 Å². The largest absolute Gasteiger partial charge is 0.0945 e. The van der Waals surface area contributed by atoms with E-state index in [1.165, 1.54) is 87.3 Å². The molecule has 0 N–H and O–H groups in total.